The molecular weight excluding hydrogens is 444 g/mol. The van der Waals surface area contributed by atoms with E-state index in [1.807, 2.05) is 25.1 Å². The van der Waals surface area contributed by atoms with Crippen LogP contribution in [0.2, 0.25) is 0 Å². The molecule has 0 aliphatic heterocycles. The average molecular weight is 471 g/mol. The maximum Gasteiger partial charge on any atom is 0.191 e. The van der Waals surface area contributed by atoms with Crippen molar-refractivity contribution in [2.24, 2.45) is 4.99 Å². The lowest BCUT2D eigenvalue weighted by Crippen LogP contribution is -2.38. The van der Waals surface area contributed by atoms with E-state index < -0.39 is 6.10 Å². The number of aliphatic hydroxyl groups is 1. The van der Waals surface area contributed by atoms with Crippen LogP contribution in [0, 0.1) is 5.82 Å². The van der Waals surface area contributed by atoms with Crippen LogP contribution in [0.3, 0.4) is 0 Å². The van der Waals surface area contributed by atoms with Gasteiger partial charge in [-0.25, -0.2) is 4.39 Å². The van der Waals surface area contributed by atoms with E-state index >= 15 is 0 Å². The van der Waals surface area contributed by atoms with Crippen LogP contribution in [-0.4, -0.2) is 30.7 Å². The molecule has 0 bridgehead atoms. The lowest BCUT2D eigenvalue weighted by molar-refractivity contribution is 0.187. The number of rotatable bonds is 8. The van der Waals surface area contributed by atoms with Crippen molar-refractivity contribution in [2.75, 3.05) is 19.6 Å². The van der Waals surface area contributed by atoms with Gasteiger partial charge in [-0.15, -0.1) is 24.0 Å². The number of halogens is 2. The molecule has 26 heavy (non-hydrogen) atoms. The Labute approximate surface area is 172 Å². The maximum absolute atomic E-state index is 12.9. The second-order valence-corrected chi connectivity index (χ2v) is 5.80. The average Bonchev–Trinajstić information content (AvgIpc) is 2.64. The molecule has 1 unspecified atom stereocenters. The Morgan fingerprint density at radius 1 is 1.08 bits per heavy atom. The van der Waals surface area contributed by atoms with Crippen molar-refractivity contribution >= 4 is 29.9 Å². The third-order valence-corrected chi connectivity index (χ3v) is 3.80. The number of aryl methyl sites for hydroxylation is 1. The molecule has 1 atom stereocenters. The summed E-state index contributed by atoms with van der Waals surface area (Å²) in [6, 6.07) is 16.2. The maximum atomic E-state index is 12.9. The topological polar surface area (TPSA) is 56.7 Å². The highest BCUT2D eigenvalue weighted by Crippen LogP contribution is 2.13. The van der Waals surface area contributed by atoms with Gasteiger partial charge in [0.15, 0.2) is 5.96 Å². The van der Waals surface area contributed by atoms with Gasteiger partial charge in [-0.1, -0.05) is 42.5 Å². The Balaban J connectivity index is 0.00000338. The van der Waals surface area contributed by atoms with Gasteiger partial charge in [0, 0.05) is 13.1 Å². The molecule has 0 spiro atoms. The normalized spacial score (nSPS) is 12.2. The molecule has 142 valence electrons. The smallest absolute Gasteiger partial charge is 0.191 e. The zero-order chi connectivity index (χ0) is 17.9. The summed E-state index contributed by atoms with van der Waals surface area (Å²) in [5.74, 6) is 0.365. The minimum Gasteiger partial charge on any atom is -0.386 e. The summed E-state index contributed by atoms with van der Waals surface area (Å²) >= 11 is 0. The molecule has 0 amide bonds. The standard InChI is InChI=1S/C20H26FN3O.HI/c1-2-22-20(23-14-6-9-16-7-4-3-5-8-16)24-15-19(25)17-10-12-18(21)13-11-17;/h3-5,7-8,10-13,19,25H,2,6,9,14-15H2,1H3,(H2,22,23,24);1H. The van der Waals surface area contributed by atoms with Gasteiger partial charge < -0.3 is 15.7 Å². The predicted molar refractivity (Wildman–Crippen MR) is 116 cm³/mol. The second-order valence-electron chi connectivity index (χ2n) is 5.80. The molecule has 6 heteroatoms. The van der Waals surface area contributed by atoms with Crippen molar-refractivity contribution in [3.05, 3.63) is 71.5 Å². The molecule has 3 N–H and O–H groups in total. The SMILES string of the molecule is CCNC(=NCC(O)c1ccc(F)cc1)NCCCc1ccccc1.I. The first kappa shape index (κ1) is 22.4. The summed E-state index contributed by atoms with van der Waals surface area (Å²) < 4.78 is 12.9. The number of nitrogens with zero attached hydrogens (tertiary/aromatic N) is 1. The molecule has 4 nitrogen and oxygen atoms in total. The number of aliphatic hydroxyl groups excluding tert-OH is 1. The van der Waals surface area contributed by atoms with Crippen LogP contribution in [0.5, 0.6) is 0 Å². The Bertz CT molecular complexity index is 650. The van der Waals surface area contributed by atoms with Crippen molar-refractivity contribution in [3.8, 4) is 0 Å². The van der Waals surface area contributed by atoms with Gasteiger partial charge in [-0.3, -0.25) is 4.99 Å². The van der Waals surface area contributed by atoms with Gasteiger partial charge in [0.1, 0.15) is 5.82 Å². The number of guanidine groups is 1. The quantitative estimate of drug-likeness (QED) is 0.239. The van der Waals surface area contributed by atoms with Crippen LogP contribution in [-0.2, 0) is 6.42 Å². The molecule has 0 radical (unpaired) electrons. The largest absolute Gasteiger partial charge is 0.386 e. The van der Waals surface area contributed by atoms with Crippen LogP contribution in [0.4, 0.5) is 4.39 Å². The van der Waals surface area contributed by atoms with Gasteiger partial charge in [-0.05, 0) is 43.0 Å². The van der Waals surface area contributed by atoms with Crippen LogP contribution < -0.4 is 10.6 Å². The first-order chi connectivity index (χ1) is 12.2. The fraction of sp³-hybridized carbons (Fsp3) is 0.350. The minimum absolute atomic E-state index is 0. The van der Waals surface area contributed by atoms with Crippen LogP contribution in [0.15, 0.2) is 59.6 Å². The molecule has 0 saturated heterocycles. The van der Waals surface area contributed by atoms with Crippen LogP contribution in [0.25, 0.3) is 0 Å². The summed E-state index contributed by atoms with van der Waals surface area (Å²) in [4.78, 5) is 4.41. The Kier molecular flexibility index (Phi) is 10.9. The van der Waals surface area contributed by atoms with Crippen molar-refractivity contribution in [1.82, 2.24) is 10.6 Å². The lowest BCUT2D eigenvalue weighted by atomic mass is 10.1. The number of hydrogen-bond donors (Lipinski definition) is 3. The van der Waals surface area contributed by atoms with E-state index in [0.717, 1.165) is 25.9 Å². The summed E-state index contributed by atoms with van der Waals surface area (Å²) in [5.41, 5.74) is 1.98. The fourth-order valence-corrected chi connectivity index (χ4v) is 2.45. The number of nitrogens with one attached hydrogen (secondary N) is 2. The molecule has 0 aliphatic carbocycles. The molecule has 0 saturated carbocycles. The zero-order valence-electron chi connectivity index (χ0n) is 15.0. The number of aliphatic imine (C=N–C) groups is 1. The second kappa shape index (κ2) is 12.6. The number of benzene rings is 2. The summed E-state index contributed by atoms with van der Waals surface area (Å²) in [5, 5.41) is 16.6. The van der Waals surface area contributed by atoms with Crippen molar-refractivity contribution < 1.29 is 9.50 Å². The Morgan fingerprint density at radius 3 is 2.42 bits per heavy atom. The third-order valence-electron chi connectivity index (χ3n) is 3.80. The number of hydrogen-bond acceptors (Lipinski definition) is 2. The molecule has 0 fully saturated rings. The molecule has 0 heterocycles. The molecule has 2 rings (SSSR count). The van der Waals surface area contributed by atoms with Crippen molar-refractivity contribution in [1.29, 1.82) is 0 Å². The highest BCUT2D eigenvalue weighted by Gasteiger charge is 2.07. The van der Waals surface area contributed by atoms with Crippen LogP contribution in [0.1, 0.15) is 30.6 Å². The fourth-order valence-electron chi connectivity index (χ4n) is 2.45. The van der Waals surface area contributed by atoms with Gasteiger partial charge in [0.25, 0.3) is 0 Å². The van der Waals surface area contributed by atoms with Crippen molar-refractivity contribution in [3.63, 3.8) is 0 Å². The van der Waals surface area contributed by atoms with Gasteiger partial charge in [0.05, 0.1) is 12.6 Å². The molecule has 2 aromatic rings. The Morgan fingerprint density at radius 2 is 1.77 bits per heavy atom. The zero-order valence-corrected chi connectivity index (χ0v) is 17.3. The van der Waals surface area contributed by atoms with Gasteiger partial charge in [-0.2, -0.15) is 0 Å². The molecule has 2 aromatic carbocycles. The first-order valence-corrected chi connectivity index (χ1v) is 8.68. The van der Waals surface area contributed by atoms with E-state index in [1.165, 1.54) is 17.7 Å². The monoisotopic (exact) mass is 471 g/mol. The van der Waals surface area contributed by atoms with E-state index in [9.17, 15) is 9.50 Å². The van der Waals surface area contributed by atoms with E-state index in [2.05, 4.69) is 27.8 Å². The van der Waals surface area contributed by atoms with Gasteiger partial charge >= 0.3 is 0 Å². The van der Waals surface area contributed by atoms with E-state index in [-0.39, 0.29) is 36.3 Å². The molecule has 0 aliphatic rings. The summed E-state index contributed by atoms with van der Waals surface area (Å²) in [6.07, 6.45) is 1.25. The van der Waals surface area contributed by atoms with Crippen molar-refractivity contribution in [2.45, 2.75) is 25.9 Å². The van der Waals surface area contributed by atoms with Gasteiger partial charge in [0.2, 0.25) is 0 Å². The predicted octanol–water partition coefficient (Wildman–Crippen LogP) is 3.67. The van der Waals surface area contributed by atoms with Crippen LogP contribution >= 0.6 is 24.0 Å². The lowest BCUT2D eigenvalue weighted by Gasteiger charge is -2.13. The highest BCUT2D eigenvalue weighted by atomic mass is 127. The third kappa shape index (κ3) is 8.14. The van der Waals surface area contributed by atoms with E-state index in [4.69, 9.17) is 0 Å². The summed E-state index contributed by atoms with van der Waals surface area (Å²) in [7, 11) is 0. The van der Waals surface area contributed by atoms with E-state index in [0.29, 0.717) is 11.5 Å². The van der Waals surface area contributed by atoms with E-state index in [1.54, 1.807) is 12.1 Å². The first-order valence-electron chi connectivity index (χ1n) is 8.68. The highest BCUT2D eigenvalue weighted by molar-refractivity contribution is 14.0. The molecular formula is C20H27FIN3O. The molecule has 0 aromatic heterocycles. The Hall–Kier alpha value is -1.67. The summed E-state index contributed by atoms with van der Waals surface area (Å²) in [6.45, 7) is 3.77. The minimum atomic E-state index is -0.750.